The molecule has 1 aliphatic carbocycles. The van der Waals surface area contributed by atoms with Crippen LogP contribution in [0.2, 0.25) is 0 Å². The molecule has 1 aliphatic rings. The van der Waals surface area contributed by atoms with Crippen LogP contribution in [0.4, 0.5) is 0 Å². The summed E-state index contributed by atoms with van der Waals surface area (Å²) < 4.78 is 26.5. The van der Waals surface area contributed by atoms with Gasteiger partial charge in [-0.3, -0.25) is 0 Å². The second kappa shape index (κ2) is 5.47. The lowest BCUT2D eigenvalue weighted by Crippen LogP contribution is -2.43. The molecule has 0 saturated heterocycles. The summed E-state index contributed by atoms with van der Waals surface area (Å²) in [6, 6.07) is 0.0422. The van der Waals surface area contributed by atoms with Crippen LogP contribution in [-0.2, 0) is 10.0 Å². The molecule has 1 rings (SSSR count). The zero-order valence-corrected chi connectivity index (χ0v) is 11.5. The molecule has 0 radical (unpaired) electrons. The average molecular weight is 248 g/mol. The first-order chi connectivity index (χ1) is 7.31. The molecule has 4 nitrogen and oxygen atoms in total. The third-order valence-electron chi connectivity index (χ3n) is 2.64. The molecular formula is C11H24N2O2S. The van der Waals surface area contributed by atoms with Crippen molar-refractivity contribution in [3.05, 3.63) is 0 Å². The van der Waals surface area contributed by atoms with Gasteiger partial charge in [-0.15, -0.1) is 0 Å². The van der Waals surface area contributed by atoms with Crippen LogP contribution in [0.3, 0.4) is 0 Å². The lowest BCUT2D eigenvalue weighted by molar-refractivity contribution is 0.329. The predicted molar refractivity (Wildman–Crippen MR) is 66.9 cm³/mol. The van der Waals surface area contributed by atoms with E-state index < -0.39 is 10.0 Å². The van der Waals surface area contributed by atoms with Crippen LogP contribution in [0.15, 0.2) is 0 Å². The maximum absolute atomic E-state index is 11.8. The van der Waals surface area contributed by atoms with Crippen molar-refractivity contribution in [1.82, 2.24) is 9.62 Å². The molecule has 1 fully saturated rings. The minimum absolute atomic E-state index is 0.0422. The highest BCUT2D eigenvalue weighted by Crippen LogP contribution is 2.28. The van der Waals surface area contributed by atoms with Gasteiger partial charge in [0.1, 0.15) is 0 Å². The Balaban J connectivity index is 2.54. The largest absolute Gasteiger partial charge is 0.308 e. The predicted octanol–water partition coefficient (Wildman–Crippen LogP) is 1.04. The van der Waals surface area contributed by atoms with E-state index in [4.69, 9.17) is 0 Å². The van der Waals surface area contributed by atoms with Gasteiger partial charge in [-0.25, -0.2) is 13.1 Å². The van der Waals surface area contributed by atoms with Crippen molar-refractivity contribution in [3.8, 4) is 0 Å². The molecule has 5 heteroatoms. The minimum atomic E-state index is -3.05. The van der Waals surface area contributed by atoms with E-state index in [-0.39, 0.29) is 11.3 Å². The van der Waals surface area contributed by atoms with Crippen molar-refractivity contribution in [3.63, 3.8) is 0 Å². The second-order valence-electron chi connectivity index (χ2n) is 5.45. The molecule has 96 valence electrons. The summed E-state index contributed by atoms with van der Waals surface area (Å²) in [6.07, 6.45) is 2.54. The van der Waals surface area contributed by atoms with Gasteiger partial charge >= 0.3 is 0 Å². The van der Waals surface area contributed by atoms with Crippen LogP contribution in [0.5, 0.6) is 0 Å². The Hall–Kier alpha value is -0.130. The summed E-state index contributed by atoms with van der Waals surface area (Å²) in [6.45, 7) is 5.01. The SMILES string of the molecule is CC(C)C[C@H](CN(C)C)NS(=O)(=O)C1CC1. The molecule has 0 bridgehead atoms. The van der Waals surface area contributed by atoms with E-state index in [1.165, 1.54) is 0 Å². The van der Waals surface area contributed by atoms with E-state index in [9.17, 15) is 8.42 Å². The average Bonchev–Trinajstić information content (AvgIpc) is 2.80. The van der Waals surface area contributed by atoms with E-state index in [2.05, 4.69) is 18.6 Å². The molecule has 0 heterocycles. The highest BCUT2D eigenvalue weighted by molar-refractivity contribution is 7.90. The van der Waals surface area contributed by atoms with Crippen molar-refractivity contribution in [2.24, 2.45) is 5.92 Å². The first kappa shape index (κ1) is 13.9. The Bertz CT molecular complexity index is 298. The van der Waals surface area contributed by atoms with E-state index in [1.54, 1.807) is 0 Å². The highest BCUT2D eigenvalue weighted by Gasteiger charge is 2.36. The third kappa shape index (κ3) is 4.80. The lowest BCUT2D eigenvalue weighted by Gasteiger charge is -2.23. The van der Waals surface area contributed by atoms with Crippen LogP contribution in [-0.4, -0.2) is 45.2 Å². The maximum atomic E-state index is 11.8. The Morgan fingerprint density at radius 3 is 2.25 bits per heavy atom. The zero-order valence-electron chi connectivity index (χ0n) is 10.7. The van der Waals surface area contributed by atoms with E-state index in [0.29, 0.717) is 5.92 Å². The van der Waals surface area contributed by atoms with Crippen LogP contribution >= 0.6 is 0 Å². The fourth-order valence-electron chi connectivity index (χ4n) is 1.88. The number of hydrogen-bond donors (Lipinski definition) is 1. The summed E-state index contributed by atoms with van der Waals surface area (Å²) in [7, 11) is 0.888. The molecule has 0 amide bonds. The Kier molecular flexibility index (Phi) is 4.76. The Morgan fingerprint density at radius 1 is 1.31 bits per heavy atom. The number of hydrogen-bond acceptors (Lipinski definition) is 3. The van der Waals surface area contributed by atoms with Crippen molar-refractivity contribution in [1.29, 1.82) is 0 Å². The molecule has 0 aliphatic heterocycles. The summed E-state index contributed by atoms with van der Waals surface area (Å²) >= 11 is 0. The molecular weight excluding hydrogens is 224 g/mol. The van der Waals surface area contributed by atoms with Gasteiger partial charge in [0.25, 0.3) is 0 Å². The standard InChI is InChI=1S/C11H24N2O2S/c1-9(2)7-10(8-13(3)4)12-16(14,15)11-5-6-11/h9-12H,5-8H2,1-4H3/t10-/m1/s1. The first-order valence-corrected chi connectivity index (χ1v) is 7.51. The number of nitrogens with zero attached hydrogens (tertiary/aromatic N) is 1. The number of sulfonamides is 1. The van der Waals surface area contributed by atoms with Gasteiger partial charge in [0.2, 0.25) is 10.0 Å². The fraction of sp³-hybridized carbons (Fsp3) is 1.00. The number of nitrogens with one attached hydrogen (secondary N) is 1. The molecule has 1 atom stereocenters. The zero-order chi connectivity index (χ0) is 12.3. The van der Waals surface area contributed by atoms with Gasteiger partial charge in [-0.1, -0.05) is 13.8 Å². The number of likely N-dealkylation sites (N-methyl/N-ethyl adjacent to an activating group) is 1. The van der Waals surface area contributed by atoms with Gasteiger partial charge in [-0.2, -0.15) is 0 Å². The quantitative estimate of drug-likeness (QED) is 0.732. The summed E-state index contributed by atoms with van der Waals surface area (Å²) in [5.41, 5.74) is 0. The molecule has 0 aromatic heterocycles. The maximum Gasteiger partial charge on any atom is 0.214 e. The molecule has 0 unspecified atom stereocenters. The smallest absolute Gasteiger partial charge is 0.214 e. The van der Waals surface area contributed by atoms with Gasteiger partial charge in [0.15, 0.2) is 0 Å². The van der Waals surface area contributed by atoms with Gasteiger partial charge in [0.05, 0.1) is 5.25 Å². The topological polar surface area (TPSA) is 49.4 Å². The summed E-state index contributed by atoms with van der Waals surface area (Å²) in [4.78, 5) is 2.03. The lowest BCUT2D eigenvalue weighted by atomic mass is 10.0. The van der Waals surface area contributed by atoms with E-state index >= 15 is 0 Å². The van der Waals surface area contributed by atoms with Gasteiger partial charge < -0.3 is 4.90 Å². The monoisotopic (exact) mass is 248 g/mol. The van der Waals surface area contributed by atoms with Crippen molar-refractivity contribution in [2.45, 2.75) is 44.4 Å². The molecule has 1 saturated carbocycles. The van der Waals surface area contributed by atoms with Gasteiger partial charge in [-0.05, 0) is 39.3 Å². The fourth-order valence-corrected chi connectivity index (χ4v) is 3.46. The van der Waals surface area contributed by atoms with E-state index in [0.717, 1.165) is 25.8 Å². The summed E-state index contributed by atoms with van der Waals surface area (Å²) in [5.74, 6) is 0.506. The molecule has 16 heavy (non-hydrogen) atoms. The minimum Gasteiger partial charge on any atom is -0.308 e. The highest BCUT2D eigenvalue weighted by atomic mass is 32.2. The van der Waals surface area contributed by atoms with Crippen LogP contribution < -0.4 is 4.72 Å². The van der Waals surface area contributed by atoms with Gasteiger partial charge in [0, 0.05) is 12.6 Å². The Morgan fingerprint density at radius 2 is 1.88 bits per heavy atom. The molecule has 1 N–H and O–H groups in total. The van der Waals surface area contributed by atoms with Crippen LogP contribution in [0.25, 0.3) is 0 Å². The third-order valence-corrected chi connectivity index (χ3v) is 4.65. The normalized spacial score (nSPS) is 19.4. The first-order valence-electron chi connectivity index (χ1n) is 5.97. The molecule has 0 spiro atoms. The van der Waals surface area contributed by atoms with Crippen molar-refractivity contribution < 1.29 is 8.42 Å². The molecule has 0 aromatic rings. The van der Waals surface area contributed by atoms with Crippen molar-refractivity contribution in [2.75, 3.05) is 20.6 Å². The van der Waals surface area contributed by atoms with E-state index in [1.807, 2.05) is 19.0 Å². The number of rotatable bonds is 7. The van der Waals surface area contributed by atoms with Crippen molar-refractivity contribution >= 4 is 10.0 Å². The van der Waals surface area contributed by atoms with Crippen LogP contribution in [0.1, 0.15) is 33.1 Å². The Labute approximate surface area is 99.5 Å². The van der Waals surface area contributed by atoms with Crippen LogP contribution in [0, 0.1) is 5.92 Å². The second-order valence-corrected chi connectivity index (χ2v) is 7.44. The molecule has 0 aromatic carbocycles. The summed E-state index contributed by atoms with van der Waals surface area (Å²) in [5, 5.41) is -0.121.